The minimum atomic E-state index is 0.253. The third-order valence-electron chi connectivity index (χ3n) is 5.28. The van der Waals surface area contributed by atoms with Crippen molar-refractivity contribution in [3.05, 3.63) is 48.3 Å². The summed E-state index contributed by atoms with van der Waals surface area (Å²) >= 11 is 0. The number of aromatic nitrogens is 4. The molecule has 0 aliphatic carbocycles. The molecule has 2 aromatic heterocycles. The molecule has 0 saturated carbocycles. The van der Waals surface area contributed by atoms with Crippen molar-refractivity contribution in [3.8, 4) is 0 Å². The fourth-order valence-electron chi connectivity index (χ4n) is 3.79. The summed E-state index contributed by atoms with van der Waals surface area (Å²) in [7, 11) is 0. The highest BCUT2D eigenvalue weighted by molar-refractivity contribution is 5.76. The van der Waals surface area contributed by atoms with E-state index < -0.39 is 0 Å². The number of hydrogen-bond acceptors (Lipinski definition) is 3. The van der Waals surface area contributed by atoms with Gasteiger partial charge >= 0.3 is 0 Å². The zero-order valence-corrected chi connectivity index (χ0v) is 15.2. The van der Waals surface area contributed by atoms with E-state index in [0.29, 0.717) is 12.3 Å². The molecule has 0 unspecified atom stereocenters. The van der Waals surface area contributed by atoms with Crippen LogP contribution in [0.1, 0.15) is 43.3 Å². The van der Waals surface area contributed by atoms with Crippen molar-refractivity contribution in [2.75, 3.05) is 13.1 Å². The highest BCUT2D eigenvalue weighted by Gasteiger charge is 2.26. The monoisotopic (exact) mass is 351 g/mol. The van der Waals surface area contributed by atoms with Gasteiger partial charge < -0.3 is 14.5 Å². The van der Waals surface area contributed by atoms with E-state index in [-0.39, 0.29) is 5.91 Å². The number of amides is 1. The topological polar surface area (TPSA) is 66.8 Å². The Morgan fingerprint density at radius 3 is 3.04 bits per heavy atom. The van der Waals surface area contributed by atoms with Gasteiger partial charge in [0.15, 0.2) is 0 Å². The van der Waals surface area contributed by atoms with Crippen LogP contribution < -0.4 is 0 Å². The quantitative estimate of drug-likeness (QED) is 0.767. The van der Waals surface area contributed by atoms with Crippen LogP contribution in [0.4, 0.5) is 0 Å². The van der Waals surface area contributed by atoms with E-state index >= 15 is 0 Å². The van der Waals surface area contributed by atoms with E-state index in [2.05, 4.69) is 20.6 Å². The summed E-state index contributed by atoms with van der Waals surface area (Å²) in [6.45, 7) is 4.46. The Labute approximate surface area is 153 Å². The van der Waals surface area contributed by atoms with Crippen LogP contribution in [0.5, 0.6) is 0 Å². The second kappa shape index (κ2) is 7.32. The summed E-state index contributed by atoms with van der Waals surface area (Å²) in [6, 6.07) is 8.10. The Morgan fingerprint density at radius 1 is 1.35 bits per heavy atom. The highest BCUT2D eigenvalue weighted by atomic mass is 16.2. The standard InChI is InChI=1S/C20H25N5O/c1-15-21-10-13-24(15)11-5-9-19(26)25-12-4-6-16(14-25)20-22-17-7-2-3-8-18(17)23-20/h2-3,7-8,10,13,16H,4-6,9,11-12,14H2,1H3,(H,22,23)/t16-/m1/s1. The number of H-pyrrole nitrogens is 1. The number of hydrogen-bond donors (Lipinski definition) is 1. The SMILES string of the molecule is Cc1nccn1CCCC(=O)N1CCC[C@@H](c2nc3ccccc3[nH]2)C1. The van der Waals surface area contributed by atoms with Gasteiger partial charge in [0.25, 0.3) is 0 Å². The summed E-state index contributed by atoms with van der Waals surface area (Å²) in [5.74, 6) is 2.57. The molecule has 0 radical (unpaired) electrons. The molecular weight excluding hydrogens is 326 g/mol. The van der Waals surface area contributed by atoms with Gasteiger partial charge in [0, 0.05) is 44.4 Å². The zero-order valence-electron chi connectivity index (χ0n) is 15.2. The zero-order chi connectivity index (χ0) is 17.9. The van der Waals surface area contributed by atoms with E-state index in [0.717, 1.165) is 61.6 Å². The minimum absolute atomic E-state index is 0.253. The molecule has 136 valence electrons. The molecule has 1 atom stereocenters. The average molecular weight is 351 g/mol. The normalized spacial score (nSPS) is 17.7. The van der Waals surface area contributed by atoms with Gasteiger partial charge in [-0.2, -0.15) is 0 Å². The number of aryl methyl sites for hydroxylation is 2. The molecule has 1 aromatic carbocycles. The Kier molecular flexibility index (Phi) is 4.73. The fourth-order valence-corrected chi connectivity index (χ4v) is 3.79. The van der Waals surface area contributed by atoms with E-state index in [1.165, 1.54) is 0 Å². The van der Waals surface area contributed by atoms with Crippen molar-refractivity contribution < 1.29 is 4.79 Å². The molecule has 4 rings (SSSR count). The maximum Gasteiger partial charge on any atom is 0.222 e. The molecule has 1 fully saturated rings. The number of para-hydroxylation sites is 2. The molecule has 6 nitrogen and oxygen atoms in total. The lowest BCUT2D eigenvalue weighted by molar-refractivity contribution is -0.132. The molecule has 26 heavy (non-hydrogen) atoms. The van der Waals surface area contributed by atoms with Crippen LogP contribution in [0.3, 0.4) is 0 Å². The molecule has 6 heteroatoms. The first kappa shape index (κ1) is 16.8. The Balaban J connectivity index is 1.35. The van der Waals surface area contributed by atoms with Gasteiger partial charge in [-0.15, -0.1) is 0 Å². The molecule has 1 aliphatic heterocycles. The van der Waals surface area contributed by atoms with Crippen LogP contribution in [-0.4, -0.2) is 43.4 Å². The van der Waals surface area contributed by atoms with Gasteiger partial charge in [-0.1, -0.05) is 12.1 Å². The fraction of sp³-hybridized carbons (Fsp3) is 0.450. The van der Waals surface area contributed by atoms with E-state index in [4.69, 9.17) is 4.98 Å². The molecule has 0 spiro atoms. The van der Waals surface area contributed by atoms with Crippen molar-refractivity contribution in [3.63, 3.8) is 0 Å². The van der Waals surface area contributed by atoms with E-state index in [1.807, 2.05) is 36.2 Å². The van der Waals surface area contributed by atoms with Crippen LogP contribution >= 0.6 is 0 Å². The van der Waals surface area contributed by atoms with Crippen molar-refractivity contribution >= 4 is 16.9 Å². The maximum absolute atomic E-state index is 12.6. The van der Waals surface area contributed by atoms with Gasteiger partial charge in [0.2, 0.25) is 5.91 Å². The maximum atomic E-state index is 12.6. The van der Waals surface area contributed by atoms with E-state index in [9.17, 15) is 4.79 Å². The lowest BCUT2D eigenvalue weighted by Gasteiger charge is -2.32. The number of fused-ring (bicyclic) bond motifs is 1. The third-order valence-corrected chi connectivity index (χ3v) is 5.28. The molecule has 3 aromatic rings. The van der Waals surface area contributed by atoms with Crippen LogP contribution in [0, 0.1) is 6.92 Å². The molecule has 1 aliphatic rings. The van der Waals surface area contributed by atoms with Crippen LogP contribution in [-0.2, 0) is 11.3 Å². The number of benzene rings is 1. The predicted molar refractivity (Wildman–Crippen MR) is 101 cm³/mol. The van der Waals surface area contributed by atoms with Crippen LogP contribution in [0.15, 0.2) is 36.7 Å². The Hall–Kier alpha value is -2.63. The first-order valence-electron chi connectivity index (χ1n) is 9.41. The number of imidazole rings is 2. The molecule has 0 bridgehead atoms. The predicted octanol–water partition coefficient (Wildman–Crippen LogP) is 3.25. The summed E-state index contributed by atoms with van der Waals surface area (Å²) in [5.41, 5.74) is 2.07. The van der Waals surface area contributed by atoms with Crippen molar-refractivity contribution in [1.82, 2.24) is 24.4 Å². The second-order valence-corrected chi connectivity index (χ2v) is 7.09. The third kappa shape index (κ3) is 3.49. The first-order valence-corrected chi connectivity index (χ1v) is 9.41. The number of piperidine rings is 1. The summed E-state index contributed by atoms with van der Waals surface area (Å²) in [5, 5.41) is 0. The van der Waals surface area contributed by atoms with Gasteiger partial charge in [0.05, 0.1) is 11.0 Å². The van der Waals surface area contributed by atoms with Gasteiger partial charge in [-0.25, -0.2) is 9.97 Å². The van der Waals surface area contributed by atoms with Crippen LogP contribution in [0.25, 0.3) is 11.0 Å². The number of nitrogens with one attached hydrogen (secondary N) is 1. The summed E-state index contributed by atoms with van der Waals surface area (Å²) in [4.78, 5) is 27.0. The summed E-state index contributed by atoms with van der Waals surface area (Å²) < 4.78 is 2.10. The van der Waals surface area contributed by atoms with Gasteiger partial charge in [0.1, 0.15) is 11.6 Å². The number of carbonyl (C=O) groups excluding carboxylic acids is 1. The Bertz CT molecular complexity index is 863. The first-order chi connectivity index (χ1) is 12.7. The molecule has 3 heterocycles. The van der Waals surface area contributed by atoms with E-state index in [1.54, 1.807) is 6.20 Å². The van der Waals surface area contributed by atoms with Gasteiger partial charge in [-0.05, 0) is 38.3 Å². The largest absolute Gasteiger partial charge is 0.342 e. The second-order valence-electron chi connectivity index (χ2n) is 7.09. The van der Waals surface area contributed by atoms with Crippen LogP contribution in [0.2, 0.25) is 0 Å². The van der Waals surface area contributed by atoms with Crippen molar-refractivity contribution in [1.29, 1.82) is 0 Å². The number of nitrogens with zero attached hydrogens (tertiary/aromatic N) is 4. The molecule has 1 saturated heterocycles. The highest BCUT2D eigenvalue weighted by Crippen LogP contribution is 2.27. The lowest BCUT2D eigenvalue weighted by atomic mass is 9.97. The smallest absolute Gasteiger partial charge is 0.222 e. The lowest BCUT2D eigenvalue weighted by Crippen LogP contribution is -2.39. The molecule has 1 amide bonds. The minimum Gasteiger partial charge on any atom is -0.342 e. The molecule has 1 N–H and O–H groups in total. The van der Waals surface area contributed by atoms with Gasteiger partial charge in [-0.3, -0.25) is 4.79 Å². The number of carbonyl (C=O) groups is 1. The number of aromatic amines is 1. The number of rotatable bonds is 5. The van der Waals surface area contributed by atoms with Crippen molar-refractivity contribution in [2.24, 2.45) is 0 Å². The number of likely N-dealkylation sites (tertiary alicyclic amines) is 1. The average Bonchev–Trinajstić information content (AvgIpc) is 3.28. The Morgan fingerprint density at radius 2 is 2.23 bits per heavy atom. The van der Waals surface area contributed by atoms with Crippen molar-refractivity contribution in [2.45, 2.75) is 45.1 Å². The summed E-state index contributed by atoms with van der Waals surface area (Å²) in [6.07, 6.45) is 7.33. The molecular formula is C20H25N5O.